The van der Waals surface area contributed by atoms with Crippen molar-refractivity contribution in [1.29, 1.82) is 0 Å². The molecule has 152 valence electrons. The van der Waals surface area contributed by atoms with Crippen LogP contribution in [-0.4, -0.2) is 42.8 Å². The van der Waals surface area contributed by atoms with Crippen LogP contribution in [0.5, 0.6) is 0 Å². The van der Waals surface area contributed by atoms with Gasteiger partial charge in [-0.3, -0.25) is 14.5 Å². The van der Waals surface area contributed by atoms with Gasteiger partial charge in [-0.2, -0.15) is 10.1 Å². The topological polar surface area (TPSA) is 89.9 Å². The van der Waals surface area contributed by atoms with Crippen molar-refractivity contribution in [2.45, 2.75) is 26.9 Å². The molecule has 3 aromatic heterocycles. The predicted molar refractivity (Wildman–Crippen MR) is 111 cm³/mol. The predicted octanol–water partition coefficient (Wildman–Crippen LogP) is 3.27. The van der Waals surface area contributed by atoms with Crippen molar-refractivity contribution in [2.24, 2.45) is 0 Å². The van der Waals surface area contributed by atoms with Crippen LogP contribution in [-0.2, 0) is 13.1 Å². The number of aryl methyl sites for hydroxylation is 1. The summed E-state index contributed by atoms with van der Waals surface area (Å²) in [6.45, 7) is 4.58. The van der Waals surface area contributed by atoms with Crippen LogP contribution in [0.2, 0.25) is 0 Å². The number of pyridine rings is 1. The highest BCUT2D eigenvalue weighted by molar-refractivity contribution is 5.96. The molecular formula is C22H22N6O2. The molecule has 0 bridgehead atoms. The van der Waals surface area contributed by atoms with Gasteiger partial charge in [0.1, 0.15) is 6.54 Å². The molecule has 0 saturated heterocycles. The van der Waals surface area contributed by atoms with Crippen LogP contribution in [0.4, 0.5) is 0 Å². The van der Waals surface area contributed by atoms with Crippen molar-refractivity contribution in [2.75, 3.05) is 7.05 Å². The molecule has 8 heteroatoms. The van der Waals surface area contributed by atoms with E-state index in [2.05, 4.69) is 20.2 Å². The molecule has 0 radical (unpaired) electrons. The second-order valence-corrected chi connectivity index (χ2v) is 7.10. The van der Waals surface area contributed by atoms with Crippen LogP contribution in [0.15, 0.2) is 59.4 Å². The van der Waals surface area contributed by atoms with Crippen LogP contribution >= 0.6 is 0 Å². The van der Waals surface area contributed by atoms with Crippen molar-refractivity contribution < 1.29 is 9.32 Å². The lowest BCUT2D eigenvalue weighted by atomic mass is 10.1. The minimum Gasteiger partial charge on any atom is -0.337 e. The Kier molecular flexibility index (Phi) is 5.38. The molecule has 0 spiro atoms. The minimum absolute atomic E-state index is 0.134. The third-order valence-corrected chi connectivity index (χ3v) is 4.88. The zero-order chi connectivity index (χ0) is 21.1. The summed E-state index contributed by atoms with van der Waals surface area (Å²) in [6, 6.07) is 13.7. The molecule has 3 heterocycles. The van der Waals surface area contributed by atoms with E-state index in [4.69, 9.17) is 4.52 Å². The average Bonchev–Trinajstić information content (AvgIpc) is 3.33. The van der Waals surface area contributed by atoms with Gasteiger partial charge in [-0.1, -0.05) is 35.5 Å². The van der Waals surface area contributed by atoms with E-state index in [1.807, 2.05) is 54.9 Å². The fourth-order valence-corrected chi connectivity index (χ4v) is 3.31. The molecule has 1 aromatic carbocycles. The van der Waals surface area contributed by atoms with E-state index in [1.165, 1.54) is 0 Å². The summed E-state index contributed by atoms with van der Waals surface area (Å²) in [5, 5.41) is 8.55. The zero-order valence-corrected chi connectivity index (χ0v) is 17.1. The van der Waals surface area contributed by atoms with Crippen LogP contribution in [0.3, 0.4) is 0 Å². The van der Waals surface area contributed by atoms with Gasteiger partial charge in [0.05, 0.1) is 17.8 Å². The quantitative estimate of drug-likeness (QED) is 0.492. The Bertz CT molecular complexity index is 1150. The summed E-state index contributed by atoms with van der Waals surface area (Å²) in [4.78, 5) is 23.1. The second-order valence-electron chi connectivity index (χ2n) is 7.10. The molecule has 8 nitrogen and oxygen atoms in total. The Labute approximate surface area is 174 Å². The maximum absolute atomic E-state index is 13.1. The van der Waals surface area contributed by atoms with Gasteiger partial charge in [0.2, 0.25) is 11.7 Å². The van der Waals surface area contributed by atoms with Crippen LogP contribution < -0.4 is 0 Å². The summed E-state index contributed by atoms with van der Waals surface area (Å²) < 4.78 is 7.18. The van der Waals surface area contributed by atoms with Gasteiger partial charge in [-0.05, 0) is 31.5 Å². The molecule has 0 N–H and O–H groups in total. The van der Waals surface area contributed by atoms with Crippen LogP contribution in [0.25, 0.3) is 11.4 Å². The molecule has 1 amide bonds. The second kappa shape index (κ2) is 8.28. The molecule has 30 heavy (non-hydrogen) atoms. The molecule has 0 saturated carbocycles. The summed E-state index contributed by atoms with van der Waals surface area (Å²) in [6.07, 6.45) is 3.34. The highest BCUT2D eigenvalue weighted by Crippen LogP contribution is 2.19. The van der Waals surface area contributed by atoms with E-state index >= 15 is 0 Å². The largest absolute Gasteiger partial charge is 0.337 e. The number of hydrogen-bond donors (Lipinski definition) is 0. The number of benzene rings is 1. The van der Waals surface area contributed by atoms with Gasteiger partial charge >= 0.3 is 0 Å². The normalized spacial score (nSPS) is 10.9. The Hall–Kier alpha value is -3.81. The van der Waals surface area contributed by atoms with Crippen molar-refractivity contribution >= 4 is 5.91 Å². The highest BCUT2D eigenvalue weighted by Gasteiger charge is 2.23. The van der Waals surface area contributed by atoms with E-state index in [1.54, 1.807) is 30.4 Å². The number of rotatable bonds is 6. The maximum Gasteiger partial charge on any atom is 0.257 e. The van der Waals surface area contributed by atoms with Crippen molar-refractivity contribution in [3.63, 3.8) is 0 Å². The van der Waals surface area contributed by atoms with Crippen LogP contribution in [0.1, 0.15) is 33.2 Å². The first kappa shape index (κ1) is 19.5. The molecular weight excluding hydrogens is 380 g/mol. The van der Waals surface area contributed by atoms with Gasteiger partial charge in [0.15, 0.2) is 0 Å². The SMILES string of the molecule is Cc1nn(Cc2ccccc2)c(C)c1C(=O)N(C)Cc1nc(-c2cccnc2)no1. The van der Waals surface area contributed by atoms with E-state index in [0.717, 1.165) is 16.8 Å². The van der Waals surface area contributed by atoms with Gasteiger partial charge in [0, 0.05) is 30.7 Å². The lowest BCUT2D eigenvalue weighted by Gasteiger charge is -2.15. The number of carbonyl (C=O) groups is 1. The van der Waals surface area contributed by atoms with E-state index in [-0.39, 0.29) is 12.5 Å². The van der Waals surface area contributed by atoms with Gasteiger partial charge < -0.3 is 9.42 Å². The van der Waals surface area contributed by atoms with E-state index in [9.17, 15) is 4.79 Å². The Morgan fingerprint density at radius 2 is 1.93 bits per heavy atom. The number of aromatic nitrogens is 5. The minimum atomic E-state index is -0.134. The lowest BCUT2D eigenvalue weighted by molar-refractivity contribution is 0.0768. The Morgan fingerprint density at radius 3 is 2.67 bits per heavy atom. The standard InChI is InChI=1S/C22H22N6O2/c1-15-20(16(2)28(25-15)13-17-8-5-4-6-9-17)22(29)27(3)14-19-24-21(26-30-19)18-10-7-11-23-12-18/h4-12H,13-14H2,1-3H3. The molecule has 0 unspecified atom stereocenters. The van der Waals surface area contributed by atoms with Crippen molar-refractivity contribution in [1.82, 2.24) is 29.8 Å². The molecule has 0 aliphatic carbocycles. The van der Waals surface area contributed by atoms with Crippen LogP contribution in [0, 0.1) is 13.8 Å². The first-order valence-electron chi connectivity index (χ1n) is 9.59. The summed E-state index contributed by atoms with van der Waals surface area (Å²) >= 11 is 0. The molecule has 0 atom stereocenters. The highest BCUT2D eigenvalue weighted by atomic mass is 16.5. The summed E-state index contributed by atoms with van der Waals surface area (Å²) in [7, 11) is 1.71. The summed E-state index contributed by atoms with van der Waals surface area (Å²) in [5.41, 5.74) is 4.01. The monoisotopic (exact) mass is 402 g/mol. The fraction of sp³-hybridized carbons (Fsp3) is 0.227. The summed E-state index contributed by atoms with van der Waals surface area (Å²) in [5.74, 6) is 0.670. The molecule has 0 fully saturated rings. The Balaban J connectivity index is 1.50. The van der Waals surface area contributed by atoms with E-state index in [0.29, 0.717) is 29.5 Å². The van der Waals surface area contributed by atoms with Gasteiger partial charge in [0.25, 0.3) is 5.91 Å². The van der Waals surface area contributed by atoms with Gasteiger partial charge in [-0.15, -0.1) is 0 Å². The number of nitrogens with zero attached hydrogens (tertiary/aromatic N) is 6. The first-order valence-corrected chi connectivity index (χ1v) is 9.59. The molecule has 0 aliphatic heterocycles. The smallest absolute Gasteiger partial charge is 0.257 e. The maximum atomic E-state index is 13.1. The number of carbonyl (C=O) groups excluding carboxylic acids is 1. The zero-order valence-electron chi connectivity index (χ0n) is 17.1. The molecule has 4 rings (SSSR count). The number of hydrogen-bond acceptors (Lipinski definition) is 6. The fourth-order valence-electron chi connectivity index (χ4n) is 3.31. The average molecular weight is 402 g/mol. The first-order chi connectivity index (χ1) is 14.5. The number of amides is 1. The Morgan fingerprint density at radius 1 is 1.13 bits per heavy atom. The van der Waals surface area contributed by atoms with Gasteiger partial charge in [-0.25, -0.2) is 0 Å². The van der Waals surface area contributed by atoms with Crippen molar-refractivity contribution in [3.8, 4) is 11.4 Å². The lowest BCUT2D eigenvalue weighted by Crippen LogP contribution is -2.27. The molecule has 4 aromatic rings. The third kappa shape index (κ3) is 3.98. The van der Waals surface area contributed by atoms with Crippen molar-refractivity contribution in [3.05, 3.63) is 83.3 Å². The molecule has 0 aliphatic rings. The van der Waals surface area contributed by atoms with E-state index < -0.39 is 0 Å². The third-order valence-electron chi connectivity index (χ3n) is 4.88.